The van der Waals surface area contributed by atoms with Gasteiger partial charge in [-0.1, -0.05) is 68.3 Å². The highest BCUT2D eigenvalue weighted by molar-refractivity contribution is 6.00. The minimum atomic E-state index is -1.96. The van der Waals surface area contributed by atoms with Crippen LogP contribution >= 0.6 is 0 Å². The summed E-state index contributed by atoms with van der Waals surface area (Å²) in [6.07, 6.45) is 5.18. The van der Waals surface area contributed by atoms with Crippen LogP contribution in [0.3, 0.4) is 0 Å². The molecule has 4 heterocycles. The van der Waals surface area contributed by atoms with E-state index < -0.39 is 102 Å². The van der Waals surface area contributed by atoms with Gasteiger partial charge in [-0.3, -0.25) is 43.2 Å². The molecule has 2 aliphatic rings. The number of amides is 8. The standard InChI is InChI=1S/C49H63N11O10/c1-3-4-16-35(55-29(2)61)49(70)60-39(43(50)64)18-10-11-20-52-44(65)36(23-31-26-53-34-17-9-8-15-33(31)34)56-46(67)40-19-12-21-59(40)48(69)38(22-30-13-6-5-7-14-30)58-45(66)37(24-32-27-51-28-54-32)57-47(68)41(60)25-42(62)63/h5-9,13-15,17,26-28,35-41,53H,3-4,10-12,16,18-25H2,1-2H3,(H2,50,64)(H,51,54)(H,52,65)(H,55,61)(H,56,67)(H,57,68)(H,58,66)(H,62,63)/t35-,36-,37-,38+,39-,40-,41-/m0/s1. The predicted octanol–water partition coefficient (Wildman–Crippen LogP) is 0.885. The summed E-state index contributed by atoms with van der Waals surface area (Å²) in [7, 11) is 0. The Morgan fingerprint density at radius 1 is 0.829 bits per heavy atom. The zero-order valence-electron chi connectivity index (χ0n) is 39.4. The number of H-pyrrole nitrogens is 2. The number of hydrogen-bond donors (Lipinski definition) is 9. The Balaban J connectivity index is 1.44. The van der Waals surface area contributed by atoms with Crippen LogP contribution in [-0.2, 0) is 62.4 Å². The molecule has 0 radical (unpaired) electrons. The van der Waals surface area contributed by atoms with Gasteiger partial charge in [-0.25, -0.2) is 4.98 Å². The van der Waals surface area contributed by atoms with Gasteiger partial charge in [0.1, 0.15) is 42.3 Å². The van der Waals surface area contributed by atoms with E-state index in [2.05, 4.69) is 41.5 Å². The summed E-state index contributed by atoms with van der Waals surface area (Å²) >= 11 is 0. The molecule has 2 aromatic heterocycles. The SMILES string of the molecule is CCCC[C@H](NC(C)=O)C(=O)N1[C@H](C(N)=O)CCCCNC(=O)[C@H](Cc2c[nH]c3ccccc23)NC(=O)[C@@H]2CCCN2C(=O)[C@@H](Cc2ccccc2)NC(=O)[C@H](Cc2cnc[nH]2)NC(=O)[C@@H]1CC(=O)O. The fourth-order valence-electron chi connectivity index (χ4n) is 9.23. The van der Waals surface area contributed by atoms with E-state index >= 15 is 0 Å². The molecule has 2 aliphatic heterocycles. The number of aromatic nitrogens is 3. The van der Waals surface area contributed by atoms with Crippen LogP contribution in [-0.4, -0.2) is 138 Å². The number of fused-ring (bicyclic) bond motifs is 2. The summed E-state index contributed by atoms with van der Waals surface area (Å²) in [5.41, 5.74) is 8.60. The summed E-state index contributed by atoms with van der Waals surface area (Å²) in [6, 6.07) is 6.47. The van der Waals surface area contributed by atoms with Crippen molar-refractivity contribution < 1.29 is 48.3 Å². The lowest BCUT2D eigenvalue weighted by Crippen LogP contribution is -2.64. The second-order valence-corrected chi connectivity index (χ2v) is 17.9. The first-order valence-electron chi connectivity index (χ1n) is 23.8. The number of carbonyl (C=O) groups excluding carboxylic acids is 8. The van der Waals surface area contributed by atoms with Crippen molar-refractivity contribution in [1.29, 1.82) is 0 Å². The van der Waals surface area contributed by atoms with E-state index in [0.717, 1.165) is 21.4 Å². The van der Waals surface area contributed by atoms with Crippen molar-refractivity contribution in [3.8, 4) is 0 Å². The molecule has 0 spiro atoms. The number of primary amides is 1. The van der Waals surface area contributed by atoms with Crippen molar-refractivity contribution in [3.05, 3.63) is 90.1 Å². The highest BCUT2D eigenvalue weighted by Crippen LogP contribution is 2.24. The van der Waals surface area contributed by atoms with E-state index in [9.17, 15) is 48.3 Å². The molecule has 10 N–H and O–H groups in total. The van der Waals surface area contributed by atoms with E-state index in [1.54, 1.807) is 36.5 Å². The van der Waals surface area contributed by atoms with Crippen LogP contribution in [0.25, 0.3) is 10.9 Å². The molecule has 6 rings (SSSR count). The third-order valence-electron chi connectivity index (χ3n) is 12.7. The second-order valence-electron chi connectivity index (χ2n) is 17.9. The van der Waals surface area contributed by atoms with Gasteiger partial charge in [-0.05, 0) is 55.7 Å². The normalized spacial score (nSPS) is 22.7. The second kappa shape index (κ2) is 24.6. The van der Waals surface area contributed by atoms with Gasteiger partial charge in [-0.15, -0.1) is 0 Å². The average molecular weight is 966 g/mol. The van der Waals surface area contributed by atoms with Crippen LogP contribution < -0.4 is 32.3 Å². The molecule has 8 amide bonds. The number of carboxylic acids is 1. The van der Waals surface area contributed by atoms with Crippen LogP contribution in [0.1, 0.15) is 88.5 Å². The number of nitrogens with zero attached hydrogens (tertiary/aromatic N) is 3. The van der Waals surface area contributed by atoms with Gasteiger partial charge in [0.05, 0.1) is 12.7 Å². The molecule has 21 heteroatoms. The zero-order valence-corrected chi connectivity index (χ0v) is 39.4. The molecule has 4 aromatic rings. The van der Waals surface area contributed by atoms with Crippen LogP contribution in [0.4, 0.5) is 0 Å². The van der Waals surface area contributed by atoms with E-state index in [0.29, 0.717) is 30.5 Å². The van der Waals surface area contributed by atoms with Crippen molar-refractivity contribution in [2.75, 3.05) is 13.1 Å². The lowest BCUT2D eigenvalue weighted by molar-refractivity contribution is -0.154. The molecule has 2 aromatic carbocycles. The number of aliphatic carboxylic acids is 1. The maximum absolute atomic E-state index is 14.8. The minimum Gasteiger partial charge on any atom is -0.481 e. The highest BCUT2D eigenvalue weighted by Gasteiger charge is 2.44. The summed E-state index contributed by atoms with van der Waals surface area (Å²) in [6.45, 7) is 3.23. The van der Waals surface area contributed by atoms with Crippen molar-refractivity contribution in [1.82, 2.24) is 51.3 Å². The van der Waals surface area contributed by atoms with Crippen molar-refractivity contribution >= 4 is 64.1 Å². The Bertz CT molecular complexity index is 2500. The first kappa shape index (κ1) is 51.8. The fourth-order valence-corrected chi connectivity index (χ4v) is 9.23. The Labute approximate surface area is 404 Å². The number of rotatable bonds is 14. The van der Waals surface area contributed by atoms with Gasteiger partial charge in [-0.2, -0.15) is 0 Å². The zero-order chi connectivity index (χ0) is 50.3. The van der Waals surface area contributed by atoms with Crippen molar-refractivity contribution in [3.63, 3.8) is 0 Å². The summed E-state index contributed by atoms with van der Waals surface area (Å²) in [5.74, 6) is -7.88. The van der Waals surface area contributed by atoms with Gasteiger partial charge < -0.3 is 57.2 Å². The topological polar surface area (TPSA) is 311 Å². The lowest BCUT2D eigenvalue weighted by atomic mass is 9.98. The lowest BCUT2D eigenvalue weighted by Gasteiger charge is -2.38. The number of nitrogens with one attached hydrogen (secondary N) is 7. The predicted molar refractivity (Wildman–Crippen MR) is 255 cm³/mol. The molecule has 374 valence electrons. The van der Waals surface area contributed by atoms with E-state index in [4.69, 9.17) is 5.73 Å². The number of para-hydroxylation sites is 1. The van der Waals surface area contributed by atoms with Gasteiger partial charge in [0.25, 0.3) is 0 Å². The monoisotopic (exact) mass is 965 g/mol. The van der Waals surface area contributed by atoms with Crippen molar-refractivity contribution in [2.24, 2.45) is 5.73 Å². The summed E-state index contributed by atoms with van der Waals surface area (Å²) in [4.78, 5) is 139. The maximum Gasteiger partial charge on any atom is 0.305 e. The molecule has 0 saturated carbocycles. The maximum atomic E-state index is 14.8. The molecule has 0 aliphatic carbocycles. The van der Waals surface area contributed by atoms with E-state index in [-0.39, 0.29) is 64.5 Å². The largest absolute Gasteiger partial charge is 0.481 e. The van der Waals surface area contributed by atoms with Gasteiger partial charge in [0.15, 0.2) is 0 Å². The quantitative estimate of drug-likeness (QED) is 0.0855. The van der Waals surface area contributed by atoms with Crippen molar-refractivity contribution in [2.45, 2.75) is 133 Å². The van der Waals surface area contributed by atoms with Crippen LogP contribution in [0.15, 0.2) is 73.3 Å². The van der Waals surface area contributed by atoms with Crippen LogP contribution in [0, 0.1) is 0 Å². The molecule has 2 saturated heterocycles. The Kier molecular flexibility index (Phi) is 18.2. The first-order chi connectivity index (χ1) is 33.6. The molecule has 0 bridgehead atoms. The van der Waals surface area contributed by atoms with Gasteiger partial charge in [0, 0.05) is 68.3 Å². The molecule has 7 atom stereocenters. The highest BCUT2D eigenvalue weighted by atomic mass is 16.4. The molecular weight excluding hydrogens is 903 g/mol. The molecule has 2 fully saturated rings. The summed E-state index contributed by atoms with van der Waals surface area (Å²) in [5, 5.41) is 24.9. The third kappa shape index (κ3) is 13.6. The van der Waals surface area contributed by atoms with Gasteiger partial charge in [0.2, 0.25) is 47.3 Å². The third-order valence-corrected chi connectivity index (χ3v) is 12.7. The molecular formula is C49H63N11O10. The summed E-state index contributed by atoms with van der Waals surface area (Å²) < 4.78 is 0. The Hall–Kier alpha value is -7.58. The number of aromatic amines is 2. The Morgan fingerprint density at radius 3 is 2.24 bits per heavy atom. The van der Waals surface area contributed by atoms with Crippen LogP contribution in [0.2, 0.25) is 0 Å². The molecule has 70 heavy (non-hydrogen) atoms. The number of benzene rings is 2. The van der Waals surface area contributed by atoms with E-state index in [1.807, 2.05) is 31.2 Å². The number of nitrogens with two attached hydrogens (primary N) is 1. The van der Waals surface area contributed by atoms with Gasteiger partial charge >= 0.3 is 5.97 Å². The first-order valence-corrected chi connectivity index (χ1v) is 23.8. The Morgan fingerprint density at radius 2 is 1.54 bits per heavy atom. The molecule has 21 nitrogen and oxygen atoms in total. The number of carboxylic acid groups (broad SMARTS) is 1. The fraction of sp³-hybridized carbons (Fsp3) is 0.469. The smallest absolute Gasteiger partial charge is 0.305 e. The number of unbranched alkanes of at least 4 members (excludes halogenated alkanes) is 1. The van der Waals surface area contributed by atoms with Crippen LogP contribution in [0.5, 0.6) is 0 Å². The number of carbonyl (C=O) groups is 9. The minimum absolute atomic E-state index is 0.0286. The number of hydrogen-bond acceptors (Lipinski definition) is 10. The molecule has 0 unspecified atom stereocenters. The van der Waals surface area contributed by atoms with E-state index in [1.165, 1.54) is 24.3 Å². The average Bonchev–Trinajstić information content (AvgIpc) is 4.13. The number of imidazole rings is 1.